The van der Waals surface area contributed by atoms with E-state index >= 15 is 0 Å². The highest BCUT2D eigenvalue weighted by atomic mass is 32.1. The van der Waals surface area contributed by atoms with Gasteiger partial charge in [0, 0.05) is 46.3 Å². The van der Waals surface area contributed by atoms with Gasteiger partial charge in [0.1, 0.15) is 11.6 Å². The Morgan fingerprint density at radius 3 is 2.54 bits per heavy atom. The van der Waals surface area contributed by atoms with E-state index < -0.39 is 0 Å². The van der Waals surface area contributed by atoms with E-state index in [1.165, 1.54) is 20.9 Å². The summed E-state index contributed by atoms with van der Waals surface area (Å²) in [5.41, 5.74) is 3.95. The van der Waals surface area contributed by atoms with E-state index in [2.05, 4.69) is 58.5 Å². The number of fused-ring (bicyclic) bond motifs is 1. The van der Waals surface area contributed by atoms with Crippen LogP contribution < -0.4 is 14.8 Å². The van der Waals surface area contributed by atoms with Crippen LogP contribution in [0.1, 0.15) is 29.2 Å². The standard InChI is InChI=1S/C29H32N4O3S/c1-18(30-28-22-11-24(34-3)25(35-4)12-23(22)31-19(2)32-28)26-9-10-27(37-26)21-8-6-5-7-20(21)13-33-14-29(15-33)16-36-17-29/h5-12,18H,13-17H2,1-4H3,(H,30,31,32). The summed E-state index contributed by atoms with van der Waals surface area (Å²) >= 11 is 1.83. The molecule has 4 aromatic rings. The molecule has 1 N–H and O–H groups in total. The molecule has 2 aromatic heterocycles. The van der Waals surface area contributed by atoms with Gasteiger partial charge in [-0.2, -0.15) is 0 Å². The number of aryl methyl sites for hydroxylation is 1. The van der Waals surface area contributed by atoms with Crippen LogP contribution in [-0.4, -0.2) is 55.4 Å². The molecule has 192 valence electrons. The molecule has 2 aliphatic heterocycles. The Morgan fingerprint density at radius 2 is 1.81 bits per heavy atom. The van der Waals surface area contributed by atoms with Crippen molar-refractivity contribution in [3.63, 3.8) is 0 Å². The predicted molar refractivity (Wildman–Crippen MR) is 148 cm³/mol. The van der Waals surface area contributed by atoms with E-state index in [-0.39, 0.29) is 6.04 Å². The SMILES string of the molecule is COc1cc2nc(C)nc(NC(C)c3ccc(-c4ccccc4CN4CC5(COC5)C4)s3)c2cc1OC. The molecule has 8 heteroatoms. The van der Waals surface area contributed by atoms with Crippen molar-refractivity contribution >= 4 is 28.1 Å². The molecule has 1 unspecified atom stereocenters. The second kappa shape index (κ2) is 9.59. The zero-order chi connectivity index (χ0) is 25.6. The topological polar surface area (TPSA) is 68.7 Å². The molecule has 0 aliphatic carbocycles. The van der Waals surface area contributed by atoms with Gasteiger partial charge < -0.3 is 19.5 Å². The number of benzene rings is 2. The molecular formula is C29H32N4O3S. The lowest BCUT2D eigenvalue weighted by molar-refractivity contribution is -0.191. The molecule has 0 amide bonds. The molecule has 1 atom stereocenters. The minimum atomic E-state index is 0.0744. The Balaban J connectivity index is 1.23. The summed E-state index contributed by atoms with van der Waals surface area (Å²) in [4.78, 5) is 14.4. The Bertz CT molecular complexity index is 1440. The molecule has 7 nitrogen and oxygen atoms in total. The second-order valence-corrected chi connectivity index (χ2v) is 11.3. The third-order valence-corrected chi connectivity index (χ3v) is 8.63. The van der Waals surface area contributed by atoms with E-state index in [0.717, 1.165) is 49.6 Å². The molecule has 0 saturated carbocycles. The lowest BCUT2D eigenvalue weighted by atomic mass is 9.78. The van der Waals surface area contributed by atoms with Crippen LogP contribution in [0, 0.1) is 12.3 Å². The van der Waals surface area contributed by atoms with Gasteiger partial charge >= 0.3 is 0 Å². The van der Waals surface area contributed by atoms with E-state index in [9.17, 15) is 0 Å². The van der Waals surface area contributed by atoms with Crippen molar-refractivity contribution in [3.8, 4) is 21.9 Å². The lowest BCUT2D eigenvalue weighted by Gasteiger charge is -2.55. The van der Waals surface area contributed by atoms with Crippen LogP contribution in [0.4, 0.5) is 5.82 Å². The monoisotopic (exact) mass is 516 g/mol. The fraction of sp³-hybridized carbons (Fsp3) is 0.379. The van der Waals surface area contributed by atoms with Crippen molar-refractivity contribution in [3.05, 3.63) is 64.8 Å². The number of aromatic nitrogens is 2. The minimum absolute atomic E-state index is 0.0744. The first-order chi connectivity index (χ1) is 18.0. The Morgan fingerprint density at radius 1 is 1.05 bits per heavy atom. The van der Waals surface area contributed by atoms with Crippen LogP contribution in [0.2, 0.25) is 0 Å². The van der Waals surface area contributed by atoms with Crippen LogP contribution in [0.3, 0.4) is 0 Å². The van der Waals surface area contributed by atoms with Crippen LogP contribution in [-0.2, 0) is 11.3 Å². The van der Waals surface area contributed by atoms with Crippen molar-refractivity contribution in [1.82, 2.24) is 14.9 Å². The molecule has 2 aromatic carbocycles. The van der Waals surface area contributed by atoms with Crippen molar-refractivity contribution in [2.45, 2.75) is 26.4 Å². The summed E-state index contributed by atoms with van der Waals surface area (Å²) < 4.78 is 16.4. The number of nitrogens with zero attached hydrogens (tertiary/aromatic N) is 3. The van der Waals surface area contributed by atoms with Crippen LogP contribution >= 0.6 is 11.3 Å². The number of nitrogens with one attached hydrogen (secondary N) is 1. The normalized spacial score (nSPS) is 17.3. The molecule has 2 aliphatic rings. The van der Waals surface area contributed by atoms with Crippen molar-refractivity contribution in [2.75, 3.05) is 45.8 Å². The van der Waals surface area contributed by atoms with Crippen molar-refractivity contribution in [2.24, 2.45) is 5.41 Å². The lowest BCUT2D eigenvalue weighted by Crippen LogP contribution is -2.65. The zero-order valence-electron chi connectivity index (χ0n) is 21.7. The molecule has 1 spiro atoms. The molecule has 0 radical (unpaired) electrons. The van der Waals surface area contributed by atoms with Gasteiger partial charge in [0.15, 0.2) is 11.5 Å². The molecule has 2 saturated heterocycles. The van der Waals surface area contributed by atoms with Crippen LogP contribution in [0.5, 0.6) is 11.5 Å². The summed E-state index contributed by atoms with van der Waals surface area (Å²) in [5.74, 6) is 2.81. The highest BCUT2D eigenvalue weighted by Crippen LogP contribution is 2.41. The number of likely N-dealkylation sites (tertiary alicyclic amines) is 1. The molecule has 4 heterocycles. The van der Waals surface area contributed by atoms with E-state index in [1.54, 1.807) is 14.2 Å². The smallest absolute Gasteiger partial charge is 0.162 e. The number of hydrogen-bond donors (Lipinski definition) is 1. The van der Waals surface area contributed by atoms with Gasteiger partial charge in [-0.3, -0.25) is 4.90 Å². The average Bonchev–Trinajstić information content (AvgIpc) is 3.34. The minimum Gasteiger partial charge on any atom is -0.493 e. The van der Waals surface area contributed by atoms with Crippen LogP contribution in [0.15, 0.2) is 48.5 Å². The van der Waals surface area contributed by atoms with Crippen molar-refractivity contribution in [1.29, 1.82) is 0 Å². The number of methoxy groups -OCH3 is 2. The summed E-state index contributed by atoms with van der Waals surface area (Å²) in [6.07, 6.45) is 0. The summed E-state index contributed by atoms with van der Waals surface area (Å²) in [6, 6.07) is 17.2. The van der Waals surface area contributed by atoms with Gasteiger partial charge in [-0.05, 0) is 43.2 Å². The van der Waals surface area contributed by atoms with Gasteiger partial charge in [-0.25, -0.2) is 9.97 Å². The maximum atomic E-state index is 5.53. The maximum absolute atomic E-state index is 5.53. The van der Waals surface area contributed by atoms with Gasteiger partial charge in [0.05, 0.1) is 39.0 Å². The van der Waals surface area contributed by atoms with Crippen LogP contribution in [0.25, 0.3) is 21.3 Å². The second-order valence-electron chi connectivity index (χ2n) is 10.2. The Hall–Kier alpha value is -3.20. The summed E-state index contributed by atoms with van der Waals surface area (Å²) in [7, 11) is 3.27. The Labute approximate surface area is 221 Å². The Kier molecular flexibility index (Phi) is 6.26. The quantitative estimate of drug-likeness (QED) is 0.323. The van der Waals surface area contributed by atoms with E-state index in [0.29, 0.717) is 22.7 Å². The number of anilines is 1. The van der Waals surface area contributed by atoms with Gasteiger partial charge in [-0.1, -0.05) is 24.3 Å². The van der Waals surface area contributed by atoms with E-state index in [4.69, 9.17) is 19.2 Å². The number of thiophene rings is 1. The molecule has 0 bridgehead atoms. The number of rotatable bonds is 8. The van der Waals surface area contributed by atoms with Gasteiger partial charge in [0.2, 0.25) is 0 Å². The third-order valence-electron chi connectivity index (χ3n) is 7.33. The third kappa shape index (κ3) is 4.54. The highest BCUT2D eigenvalue weighted by Gasteiger charge is 2.48. The van der Waals surface area contributed by atoms with Gasteiger partial charge in [0.25, 0.3) is 0 Å². The van der Waals surface area contributed by atoms with E-state index in [1.807, 2.05) is 30.4 Å². The molecule has 6 rings (SSSR count). The number of ether oxygens (including phenoxy) is 3. The summed E-state index contributed by atoms with van der Waals surface area (Å²) in [5, 5.41) is 4.53. The zero-order valence-corrected chi connectivity index (χ0v) is 22.5. The largest absolute Gasteiger partial charge is 0.493 e. The maximum Gasteiger partial charge on any atom is 0.162 e. The molecular weight excluding hydrogens is 484 g/mol. The average molecular weight is 517 g/mol. The molecule has 37 heavy (non-hydrogen) atoms. The first-order valence-electron chi connectivity index (χ1n) is 12.6. The molecule has 2 fully saturated rings. The highest BCUT2D eigenvalue weighted by molar-refractivity contribution is 7.15. The fourth-order valence-corrected chi connectivity index (χ4v) is 6.49. The predicted octanol–water partition coefficient (Wildman–Crippen LogP) is 5.69. The summed E-state index contributed by atoms with van der Waals surface area (Å²) in [6.45, 7) is 9.19. The first kappa shape index (κ1) is 24.2. The van der Waals surface area contributed by atoms with Crippen molar-refractivity contribution < 1.29 is 14.2 Å². The number of hydrogen-bond acceptors (Lipinski definition) is 8. The van der Waals surface area contributed by atoms with Gasteiger partial charge in [-0.15, -0.1) is 11.3 Å². The first-order valence-corrected chi connectivity index (χ1v) is 13.4. The fourth-order valence-electron chi connectivity index (χ4n) is 5.42.